The lowest BCUT2D eigenvalue weighted by atomic mass is 9.88. The highest BCUT2D eigenvalue weighted by Gasteiger charge is 2.38. The molecule has 20 heavy (non-hydrogen) atoms. The van der Waals surface area contributed by atoms with Crippen molar-refractivity contribution in [2.24, 2.45) is 0 Å². The van der Waals surface area contributed by atoms with Crippen LogP contribution in [0, 0.1) is 6.92 Å². The highest BCUT2D eigenvalue weighted by Crippen LogP contribution is 2.42. The van der Waals surface area contributed by atoms with Gasteiger partial charge in [-0.05, 0) is 43.9 Å². The van der Waals surface area contributed by atoms with E-state index in [-0.39, 0.29) is 0 Å². The van der Waals surface area contributed by atoms with E-state index in [1.807, 2.05) is 19.9 Å². The molecule has 1 aromatic carbocycles. The number of ether oxygens (including phenoxy) is 1. The fraction of sp³-hybridized carbons (Fsp3) is 0.353. The molecule has 0 aliphatic heterocycles. The van der Waals surface area contributed by atoms with Gasteiger partial charge in [-0.3, -0.25) is 4.98 Å². The van der Waals surface area contributed by atoms with Gasteiger partial charge in [-0.15, -0.1) is 0 Å². The normalized spacial score (nSPS) is 20.8. The second kappa shape index (κ2) is 4.91. The Kier molecular flexibility index (Phi) is 3.22. The molecule has 0 bridgehead atoms. The van der Waals surface area contributed by atoms with E-state index >= 15 is 0 Å². The first-order chi connectivity index (χ1) is 9.63. The summed E-state index contributed by atoms with van der Waals surface area (Å²) in [6.45, 7) is 4.59. The van der Waals surface area contributed by atoms with Crippen molar-refractivity contribution in [1.29, 1.82) is 0 Å². The average Bonchev–Trinajstić information content (AvgIpc) is 2.78. The van der Waals surface area contributed by atoms with Crippen molar-refractivity contribution < 1.29 is 9.84 Å². The number of aromatic nitrogens is 1. The Labute approximate surface area is 119 Å². The predicted molar refractivity (Wildman–Crippen MR) is 77.9 cm³/mol. The molecule has 1 aliphatic rings. The second-order valence-electron chi connectivity index (χ2n) is 5.36. The first-order valence-corrected chi connectivity index (χ1v) is 7.04. The maximum atomic E-state index is 11.1. The number of hydrogen-bond acceptors (Lipinski definition) is 3. The van der Waals surface area contributed by atoms with Gasteiger partial charge in [-0.25, -0.2) is 0 Å². The molecule has 0 amide bonds. The summed E-state index contributed by atoms with van der Waals surface area (Å²) in [6.07, 6.45) is 5.01. The molecule has 1 N–H and O–H groups in total. The van der Waals surface area contributed by atoms with E-state index in [1.54, 1.807) is 12.4 Å². The molecule has 1 heterocycles. The third kappa shape index (κ3) is 2.08. The minimum Gasteiger partial charge on any atom is -0.492 e. The molecule has 0 spiro atoms. The summed E-state index contributed by atoms with van der Waals surface area (Å²) in [5.74, 6) is 0.708. The van der Waals surface area contributed by atoms with E-state index in [2.05, 4.69) is 23.2 Å². The number of rotatable bonds is 3. The SMILES string of the molecule is CCOc1cncc(C2(O)CCc3ccc(C)cc32)c1. The average molecular weight is 269 g/mol. The van der Waals surface area contributed by atoms with Crippen LogP contribution in [0.25, 0.3) is 0 Å². The molecule has 3 nitrogen and oxygen atoms in total. The molecule has 0 radical (unpaired) electrons. The van der Waals surface area contributed by atoms with E-state index < -0.39 is 5.60 Å². The zero-order chi connectivity index (χ0) is 14.2. The topological polar surface area (TPSA) is 42.4 Å². The Hall–Kier alpha value is -1.87. The first-order valence-electron chi connectivity index (χ1n) is 7.04. The molecule has 3 rings (SSSR count). The van der Waals surface area contributed by atoms with Crippen LogP contribution in [-0.4, -0.2) is 16.7 Å². The zero-order valence-electron chi connectivity index (χ0n) is 11.9. The summed E-state index contributed by atoms with van der Waals surface area (Å²) >= 11 is 0. The van der Waals surface area contributed by atoms with Crippen molar-refractivity contribution in [2.75, 3.05) is 6.61 Å². The largest absolute Gasteiger partial charge is 0.492 e. The lowest BCUT2D eigenvalue weighted by Crippen LogP contribution is -2.24. The van der Waals surface area contributed by atoms with Crippen LogP contribution in [0.4, 0.5) is 0 Å². The van der Waals surface area contributed by atoms with E-state index in [9.17, 15) is 5.11 Å². The van der Waals surface area contributed by atoms with Crippen molar-refractivity contribution in [2.45, 2.75) is 32.3 Å². The molecule has 1 aliphatic carbocycles. The number of hydrogen-bond donors (Lipinski definition) is 1. The van der Waals surface area contributed by atoms with Crippen LogP contribution in [0.2, 0.25) is 0 Å². The molecule has 3 heteroatoms. The van der Waals surface area contributed by atoms with Crippen LogP contribution in [-0.2, 0) is 12.0 Å². The van der Waals surface area contributed by atoms with Gasteiger partial charge in [0.25, 0.3) is 0 Å². The zero-order valence-corrected chi connectivity index (χ0v) is 11.9. The lowest BCUT2D eigenvalue weighted by Gasteiger charge is -2.25. The van der Waals surface area contributed by atoms with E-state index in [4.69, 9.17) is 4.74 Å². The Balaban J connectivity index is 2.06. The Morgan fingerprint density at radius 2 is 2.15 bits per heavy atom. The van der Waals surface area contributed by atoms with Crippen LogP contribution >= 0.6 is 0 Å². The monoisotopic (exact) mass is 269 g/mol. The molecule has 1 unspecified atom stereocenters. The van der Waals surface area contributed by atoms with Gasteiger partial charge >= 0.3 is 0 Å². The summed E-state index contributed by atoms with van der Waals surface area (Å²) in [5, 5.41) is 11.1. The highest BCUT2D eigenvalue weighted by molar-refractivity contribution is 5.47. The fourth-order valence-corrected chi connectivity index (χ4v) is 2.93. The van der Waals surface area contributed by atoms with Crippen molar-refractivity contribution >= 4 is 0 Å². The number of pyridine rings is 1. The second-order valence-corrected chi connectivity index (χ2v) is 5.36. The number of benzene rings is 1. The van der Waals surface area contributed by atoms with E-state index in [0.717, 1.165) is 23.1 Å². The molecule has 0 fully saturated rings. The predicted octanol–water partition coefficient (Wildman–Crippen LogP) is 2.97. The number of aryl methyl sites for hydroxylation is 2. The van der Waals surface area contributed by atoms with Gasteiger partial charge in [0.15, 0.2) is 0 Å². The van der Waals surface area contributed by atoms with Gasteiger partial charge in [-0.1, -0.05) is 23.8 Å². The third-order valence-corrected chi connectivity index (χ3v) is 3.97. The summed E-state index contributed by atoms with van der Waals surface area (Å²) in [7, 11) is 0. The summed E-state index contributed by atoms with van der Waals surface area (Å²) < 4.78 is 5.49. The van der Waals surface area contributed by atoms with Gasteiger partial charge in [0.05, 0.1) is 12.8 Å². The molecular formula is C17H19NO2. The Morgan fingerprint density at radius 1 is 1.30 bits per heavy atom. The van der Waals surface area contributed by atoms with Crippen LogP contribution in [0.15, 0.2) is 36.7 Å². The summed E-state index contributed by atoms with van der Waals surface area (Å²) in [4.78, 5) is 4.20. The van der Waals surface area contributed by atoms with Crippen molar-refractivity contribution in [1.82, 2.24) is 4.98 Å². The van der Waals surface area contributed by atoms with Gasteiger partial charge < -0.3 is 9.84 Å². The first kappa shape index (κ1) is 13.1. The molecule has 2 aromatic rings. The minimum atomic E-state index is -0.943. The van der Waals surface area contributed by atoms with Crippen molar-refractivity contribution in [3.63, 3.8) is 0 Å². The highest BCUT2D eigenvalue weighted by atomic mass is 16.5. The van der Waals surface area contributed by atoms with Crippen LogP contribution < -0.4 is 4.74 Å². The molecule has 104 valence electrons. The van der Waals surface area contributed by atoms with Crippen LogP contribution in [0.3, 0.4) is 0 Å². The quantitative estimate of drug-likeness (QED) is 0.931. The van der Waals surface area contributed by atoms with E-state index in [1.165, 1.54) is 5.56 Å². The fourth-order valence-electron chi connectivity index (χ4n) is 2.93. The molecule has 0 saturated carbocycles. The van der Waals surface area contributed by atoms with Crippen LogP contribution in [0.5, 0.6) is 5.75 Å². The van der Waals surface area contributed by atoms with Gasteiger partial charge in [0.1, 0.15) is 11.4 Å². The number of fused-ring (bicyclic) bond motifs is 1. The number of aliphatic hydroxyl groups is 1. The summed E-state index contributed by atoms with van der Waals surface area (Å²) in [6, 6.07) is 8.19. The maximum absolute atomic E-state index is 11.1. The Bertz CT molecular complexity index is 639. The van der Waals surface area contributed by atoms with Gasteiger partial charge in [-0.2, -0.15) is 0 Å². The minimum absolute atomic E-state index is 0.596. The lowest BCUT2D eigenvalue weighted by molar-refractivity contribution is 0.0821. The summed E-state index contributed by atoms with van der Waals surface area (Å²) in [5.41, 5.74) is 3.26. The van der Waals surface area contributed by atoms with E-state index in [0.29, 0.717) is 18.8 Å². The standard InChI is InChI=1S/C17H19NO2/c1-3-20-15-9-14(10-18-11-15)17(19)7-6-13-5-4-12(2)8-16(13)17/h4-5,8-11,19H,3,6-7H2,1-2H3. The molecular weight excluding hydrogens is 250 g/mol. The third-order valence-electron chi connectivity index (χ3n) is 3.97. The molecule has 1 atom stereocenters. The smallest absolute Gasteiger partial charge is 0.137 e. The number of nitrogens with zero attached hydrogens (tertiary/aromatic N) is 1. The Morgan fingerprint density at radius 3 is 2.95 bits per heavy atom. The van der Waals surface area contributed by atoms with Crippen molar-refractivity contribution in [3.8, 4) is 5.75 Å². The van der Waals surface area contributed by atoms with Crippen molar-refractivity contribution in [3.05, 3.63) is 58.9 Å². The van der Waals surface area contributed by atoms with Crippen LogP contribution in [0.1, 0.15) is 35.6 Å². The maximum Gasteiger partial charge on any atom is 0.137 e. The van der Waals surface area contributed by atoms with Gasteiger partial charge in [0, 0.05) is 11.8 Å². The van der Waals surface area contributed by atoms with Gasteiger partial charge in [0.2, 0.25) is 0 Å². The molecule has 0 saturated heterocycles. The molecule has 1 aromatic heterocycles.